The SMILES string of the molecule is CCCNCC1CCC(C)(C)CC1c1cncc(OC)c1. The van der Waals surface area contributed by atoms with Crippen molar-refractivity contribution < 1.29 is 4.74 Å². The maximum atomic E-state index is 5.35. The molecule has 1 saturated carbocycles. The average molecular weight is 290 g/mol. The summed E-state index contributed by atoms with van der Waals surface area (Å²) in [5.41, 5.74) is 1.76. The first kappa shape index (κ1) is 16.3. The van der Waals surface area contributed by atoms with Gasteiger partial charge in [0.25, 0.3) is 0 Å². The molecule has 1 aliphatic rings. The lowest BCUT2D eigenvalue weighted by atomic mass is 9.65. The molecule has 0 aliphatic heterocycles. The summed E-state index contributed by atoms with van der Waals surface area (Å²) in [4.78, 5) is 4.36. The molecule has 0 spiro atoms. The van der Waals surface area contributed by atoms with Crippen molar-refractivity contribution in [1.82, 2.24) is 10.3 Å². The quantitative estimate of drug-likeness (QED) is 0.804. The van der Waals surface area contributed by atoms with Gasteiger partial charge in [0.2, 0.25) is 0 Å². The Morgan fingerprint density at radius 3 is 2.90 bits per heavy atom. The third-order valence-electron chi connectivity index (χ3n) is 4.76. The molecule has 0 aromatic carbocycles. The third kappa shape index (κ3) is 4.44. The minimum Gasteiger partial charge on any atom is -0.495 e. The number of pyridine rings is 1. The van der Waals surface area contributed by atoms with E-state index >= 15 is 0 Å². The molecule has 2 rings (SSSR count). The highest BCUT2D eigenvalue weighted by Gasteiger charge is 2.35. The molecule has 118 valence electrons. The smallest absolute Gasteiger partial charge is 0.137 e. The van der Waals surface area contributed by atoms with Gasteiger partial charge in [-0.3, -0.25) is 4.98 Å². The fourth-order valence-corrected chi connectivity index (χ4v) is 3.49. The van der Waals surface area contributed by atoms with E-state index < -0.39 is 0 Å². The Morgan fingerprint density at radius 2 is 2.19 bits per heavy atom. The summed E-state index contributed by atoms with van der Waals surface area (Å²) in [6.07, 6.45) is 8.87. The van der Waals surface area contributed by atoms with Crippen LogP contribution in [-0.4, -0.2) is 25.2 Å². The first-order valence-corrected chi connectivity index (χ1v) is 8.25. The number of nitrogens with zero attached hydrogens (tertiary/aromatic N) is 1. The van der Waals surface area contributed by atoms with E-state index in [0.717, 1.165) is 18.8 Å². The zero-order chi connectivity index (χ0) is 15.3. The van der Waals surface area contributed by atoms with Crippen LogP contribution in [0.5, 0.6) is 5.75 Å². The second-order valence-electron chi connectivity index (χ2n) is 7.14. The molecule has 1 aromatic rings. The Morgan fingerprint density at radius 1 is 1.38 bits per heavy atom. The van der Waals surface area contributed by atoms with Crippen molar-refractivity contribution >= 4 is 0 Å². The lowest BCUT2D eigenvalue weighted by Crippen LogP contribution is -2.35. The van der Waals surface area contributed by atoms with E-state index in [9.17, 15) is 0 Å². The molecule has 3 nitrogen and oxygen atoms in total. The zero-order valence-corrected chi connectivity index (χ0v) is 14.0. The molecule has 0 bridgehead atoms. The van der Waals surface area contributed by atoms with E-state index in [-0.39, 0.29) is 0 Å². The van der Waals surface area contributed by atoms with Crippen molar-refractivity contribution in [1.29, 1.82) is 0 Å². The van der Waals surface area contributed by atoms with Crippen LogP contribution in [0.2, 0.25) is 0 Å². The predicted molar refractivity (Wildman–Crippen MR) is 87.8 cm³/mol. The summed E-state index contributed by atoms with van der Waals surface area (Å²) in [6.45, 7) is 9.24. The Hall–Kier alpha value is -1.09. The molecule has 1 fully saturated rings. The van der Waals surface area contributed by atoms with Gasteiger partial charge in [0.05, 0.1) is 13.3 Å². The molecule has 0 radical (unpaired) electrons. The maximum Gasteiger partial charge on any atom is 0.137 e. The number of hydrogen-bond acceptors (Lipinski definition) is 3. The van der Waals surface area contributed by atoms with Crippen molar-refractivity contribution in [2.45, 2.75) is 52.4 Å². The highest BCUT2D eigenvalue weighted by atomic mass is 16.5. The topological polar surface area (TPSA) is 34.2 Å². The fraction of sp³-hybridized carbons (Fsp3) is 0.722. The summed E-state index contributed by atoms with van der Waals surface area (Å²) in [5.74, 6) is 2.16. The van der Waals surface area contributed by atoms with Gasteiger partial charge >= 0.3 is 0 Å². The number of hydrogen-bond donors (Lipinski definition) is 1. The molecule has 0 amide bonds. The zero-order valence-electron chi connectivity index (χ0n) is 14.0. The first-order chi connectivity index (χ1) is 10.1. The average Bonchev–Trinajstić information content (AvgIpc) is 2.48. The largest absolute Gasteiger partial charge is 0.495 e. The molecule has 1 heterocycles. The van der Waals surface area contributed by atoms with Crippen LogP contribution in [0.25, 0.3) is 0 Å². The van der Waals surface area contributed by atoms with Crippen LogP contribution in [0, 0.1) is 11.3 Å². The Labute approximate surface area is 129 Å². The van der Waals surface area contributed by atoms with Gasteiger partial charge in [-0.25, -0.2) is 0 Å². The van der Waals surface area contributed by atoms with Gasteiger partial charge in [0, 0.05) is 6.20 Å². The normalized spacial score (nSPS) is 24.8. The number of methoxy groups -OCH3 is 1. The summed E-state index contributed by atoms with van der Waals surface area (Å²) in [6, 6.07) is 2.17. The van der Waals surface area contributed by atoms with Gasteiger partial charge in [-0.15, -0.1) is 0 Å². The summed E-state index contributed by atoms with van der Waals surface area (Å²) < 4.78 is 5.35. The molecule has 1 N–H and O–H groups in total. The molecular weight excluding hydrogens is 260 g/mol. The number of ether oxygens (including phenoxy) is 1. The lowest BCUT2D eigenvalue weighted by Gasteiger charge is -2.41. The third-order valence-corrected chi connectivity index (χ3v) is 4.76. The van der Waals surface area contributed by atoms with Crippen molar-refractivity contribution in [3.63, 3.8) is 0 Å². The van der Waals surface area contributed by atoms with Crippen molar-refractivity contribution in [3.8, 4) is 5.75 Å². The van der Waals surface area contributed by atoms with E-state index in [2.05, 4.69) is 37.1 Å². The van der Waals surface area contributed by atoms with Crippen LogP contribution in [0.3, 0.4) is 0 Å². The summed E-state index contributed by atoms with van der Waals surface area (Å²) in [7, 11) is 1.71. The Kier molecular flexibility index (Phi) is 5.63. The molecule has 2 atom stereocenters. The molecule has 21 heavy (non-hydrogen) atoms. The minimum atomic E-state index is 0.426. The van der Waals surface area contributed by atoms with Crippen LogP contribution in [0.4, 0.5) is 0 Å². The van der Waals surface area contributed by atoms with Gasteiger partial charge in [-0.05, 0) is 67.7 Å². The van der Waals surface area contributed by atoms with Gasteiger partial charge in [-0.2, -0.15) is 0 Å². The van der Waals surface area contributed by atoms with Crippen molar-refractivity contribution in [3.05, 3.63) is 24.0 Å². The molecule has 1 aromatic heterocycles. The molecule has 0 saturated heterocycles. The fourth-order valence-electron chi connectivity index (χ4n) is 3.49. The standard InChI is InChI=1S/C18H30N2O/c1-5-8-19-11-14-6-7-18(2,3)10-17(14)15-9-16(21-4)13-20-12-15/h9,12-14,17,19H,5-8,10-11H2,1-4H3. The van der Waals surface area contributed by atoms with Gasteiger partial charge in [0.15, 0.2) is 0 Å². The van der Waals surface area contributed by atoms with E-state index in [1.165, 1.54) is 31.2 Å². The van der Waals surface area contributed by atoms with Gasteiger partial charge < -0.3 is 10.1 Å². The summed E-state index contributed by atoms with van der Waals surface area (Å²) in [5, 5.41) is 3.61. The molecule has 3 heteroatoms. The second kappa shape index (κ2) is 7.26. The summed E-state index contributed by atoms with van der Waals surface area (Å²) >= 11 is 0. The van der Waals surface area contributed by atoms with E-state index in [4.69, 9.17) is 4.74 Å². The van der Waals surface area contributed by atoms with E-state index in [0.29, 0.717) is 17.3 Å². The van der Waals surface area contributed by atoms with Crippen LogP contribution >= 0.6 is 0 Å². The van der Waals surface area contributed by atoms with Crippen LogP contribution < -0.4 is 10.1 Å². The van der Waals surface area contributed by atoms with E-state index in [1.54, 1.807) is 13.3 Å². The van der Waals surface area contributed by atoms with Crippen LogP contribution in [0.1, 0.15) is 57.9 Å². The molecule has 2 unspecified atom stereocenters. The number of rotatable bonds is 6. The van der Waals surface area contributed by atoms with E-state index in [1.807, 2.05) is 6.20 Å². The lowest BCUT2D eigenvalue weighted by molar-refractivity contribution is 0.159. The van der Waals surface area contributed by atoms with Gasteiger partial charge in [0.1, 0.15) is 5.75 Å². The Bertz CT molecular complexity index is 445. The highest BCUT2D eigenvalue weighted by Crippen LogP contribution is 2.46. The van der Waals surface area contributed by atoms with Crippen molar-refractivity contribution in [2.75, 3.05) is 20.2 Å². The first-order valence-electron chi connectivity index (χ1n) is 8.25. The monoisotopic (exact) mass is 290 g/mol. The number of aromatic nitrogens is 1. The second-order valence-corrected chi connectivity index (χ2v) is 7.14. The Balaban J connectivity index is 2.15. The predicted octanol–water partition coefficient (Wildman–Crippen LogP) is 4.00. The van der Waals surface area contributed by atoms with Gasteiger partial charge in [-0.1, -0.05) is 20.8 Å². The van der Waals surface area contributed by atoms with Crippen LogP contribution in [-0.2, 0) is 0 Å². The highest BCUT2D eigenvalue weighted by molar-refractivity contribution is 5.27. The van der Waals surface area contributed by atoms with Crippen molar-refractivity contribution in [2.24, 2.45) is 11.3 Å². The molecule has 1 aliphatic carbocycles. The minimum absolute atomic E-state index is 0.426. The molecular formula is C18H30N2O. The van der Waals surface area contributed by atoms with Crippen LogP contribution in [0.15, 0.2) is 18.5 Å². The maximum absolute atomic E-state index is 5.35. The number of nitrogens with one attached hydrogen (secondary N) is 1.